The van der Waals surface area contributed by atoms with Gasteiger partial charge in [0.05, 0.1) is 6.54 Å². The van der Waals surface area contributed by atoms with Gasteiger partial charge in [-0.1, -0.05) is 19.1 Å². The van der Waals surface area contributed by atoms with Crippen molar-refractivity contribution in [3.63, 3.8) is 0 Å². The fourth-order valence-corrected chi connectivity index (χ4v) is 2.57. The summed E-state index contributed by atoms with van der Waals surface area (Å²) in [5, 5.41) is 9.51. The number of benzene rings is 1. The van der Waals surface area contributed by atoms with Gasteiger partial charge in [0.2, 0.25) is 5.91 Å². The molecule has 28 heavy (non-hydrogen) atoms. The van der Waals surface area contributed by atoms with E-state index < -0.39 is 0 Å². The van der Waals surface area contributed by atoms with Crippen molar-refractivity contribution in [2.75, 3.05) is 31.6 Å². The Morgan fingerprint density at radius 1 is 1.18 bits per heavy atom. The molecule has 0 unspecified atom stereocenters. The summed E-state index contributed by atoms with van der Waals surface area (Å²) in [5.74, 6) is 1.70. The largest absolute Gasteiger partial charge is 0.381 e. The zero-order valence-corrected chi connectivity index (χ0v) is 19.5. The zero-order valence-electron chi connectivity index (χ0n) is 17.1. The Balaban J connectivity index is 0.00000392. The molecule has 1 aliphatic carbocycles. The number of guanidine groups is 1. The maximum absolute atomic E-state index is 11.6. The highest BCUT2D eigenvalue weighted by Gasteiger charge is 2.20. The van der Waals surface area contributed by atoms with Crippen molar-refractivity contribution in [1.29, 1.82) is 0 Å². The molecule has 1 aromatic carbocycles. The van der Waals surface area contributed by atoms with Crippen molar-refractivity contribution in [2.45, 2.75) is 52.5 Å². The smallest absolute Gasteiger partial charge is 0.224 e. The highest BCUT2D eigenvalue weighted by Crippen LogP contribution is 2.28. The summed E-state index contributed by atoms with van der Waals surface area (Å²) in [4.78, 5) is 16.3. The summed E-state index contributed by atoms with van der Waals surface area (Å²) in [6.45, 7) is 8.04. The normalized spacial score (nSPS) is 13.6. The lowest BCUT2D eigenvalue weighted by atomic mass is 10.2. The molecule has 3 N–H and O–H groups in total. The van der Waals surface area contributed by atoms with Gasteiger partial charge in [0.25, 0.3) is 0 Å². The Labute approximate surface area is 186 Å². The first-order valence-electron chi connectivity index (χ1n) is 10.2. The van der Waals surface area contributed by atoms with Crippen molar-refractivity contribution in [3.05, 3.63) is 29.8 Å². The van der Waals surface area contributed by atoms with Crippen LogP contribution in [0, 0.1) is 5.92 Å². The van der Waals surface area contributed by atoms with Gasteiger partial charge in [0, 0.05) is 38.4 Å². The number of aliphatic imine (C=N–C) groups is 1. The number of carbonyl (C=O) groups excluding carboxylic acids is 1. The van der Waals surface area contributed by atoms with Gasteiger partial charge in [-0.25, -0.2) is 4.99 Å². The van der Waals surface area contributed by atoms with Gasteiger partial charge < -0.3 is 20.7 Å². The highest BCUT2D eigenvalue weighted by molar-refractivity contribution is 14.0. The Hall–Kier alpha value is -1.35. The molecular formula is C21H35IN4O2. The summed E-state index contributed by atoms with van der Waals surface area (Å²) in [5.41, 5.74) is 1.94. The molecule has 6 nitrogen and oxygen atoms in total. The van der Waals surface area contributed by atoms with Crippen molar-refractivity contribution in [1.82, 2.24) is 10.6 Å². The van der Waals surface area contributed by atoms with E-state index in [4.69, 9.17) is 4.74 Å². The Kier molecular flexibility index (Phi) is 12.9. The quantitative estimate of drug-likeness (QED) is 0.175. The lowest BCUT2D eigenvalue weighted by Gasteiger charge is -2.11. The van der Waals surface area contributed by atoms with Gasteiger partial charge in [-0.15, -0.1) is 24.0 Å². The minimum absolute atomic E-state index is 0. The van der Waals surface area contributed by atoms with Crippen molar-refractivity contribution in [2.24, 2.45) is 10.9 Å². The number of anilines is 1. The number of hydrogen-bond acceptors (Lipinski definition) is 3. The van der Waals surface area contributed by atoms with Crippen LogP contribution in [0.2, 0.25) is 0 Å². The van der Waals surface area contributed by atoms with E-state index in [0.717, 1.165) is 62.3 Å². The van der Waals surface area contributed by atoms with Crippen LogP contribution in [0.3, 0.4) is 0 Å². The van der Waals surface area contributed by atoms with E-state index in [1.807, 2.05) is 31.2 Å². The number of ether oxygens (including phenoxy) is 1. The van der Waals surface area contributed by atoms with E-state index in [1.165, 1.54) is 12.8 Å². The summed E-state index contributed by atoms with van der Waals surface area (Å²) in [7, 11) is 0. The van der Waals surface area contributed by atoms with E-state index in [9.17, 15) is 4.79 Å². The molecule has 0 aliphatic heterocycles. The first-order chi connectivity index (χ1) is 13.2. The minimum atomic E-state index is 0. The number of carbonyl (C=O) groups is 1. The Bertz CT molecular complexity index is 589. The fraction of sp³-hybridized carbons (Fsp3) is 0.619. The molecule has 1 aliphatic rings. The molecule has 0 bridgehead atoms. The maximum atomic E-state index is 11.6. The van der Waals surface area contributed by atoms with Crippen molar-refractivity contribution in [3.8, 4) is 0 Å². The lowest BCUT2D eigenvalue weighted by molar-refractivity contribution is -0.116. The zero-order chi connectivity index (χ0) is 19.3. The van der Waals surface area contributed by atoms with E-state index in [-0.39, 0.29) is 29.9 Å². The topological polar surface area (TPSA) is 74.8 Å². The molecule has 1 aromatic rings. The van der Waals surface area contributed by atoms with Crippen LogP contribution in [0.1, 0.15) is 51.5 Å². The molecule has 1 fully saturated rings. The summed E-state index contributed by atoms with van der Waals surface area (Å²) in [6, 6.07) is 7.85. The van der Waals surface area contributed by atoms with Crippen LogP contribution >= 0.6 is 24.0 Å². The molecule has 2 rings (SSSR count). The maximum Gasteiger partial charge on any atom is 0.224 e. The number of halogens is 1. The summed E-state index contributed by atoms with van der Waals surface area (Å²) >= 11 is 0. The van der Waals surface area contributed by atoms with E-state index in [2.05, 4.69) is 27.9 Å². The standard InChI is InChI=1S/C21H34N4O2.HI/c1-3-6-20(26)25-19-11-9-17(10-12-19)15-24-21(22-4-2)23-13-5-14-27-16-18-7-8-18;/h9-12,18H,3-8,13-16H2,1-2H3,(H,25,26)(H2,22,23,24);1H. The molecule has 0 saturated heterocycles. The Morgan fingerprint density at radius 2 is 1.93 bits per heavy atom. The summed E-state index contributed by atoms with van der Waals surface area (Å²) in [6.07, 6.45) is 5.05. The highest BCUT2D eigenvalue weighted by atomic mass is 127. The van der Waals surface area contributed by atoms with Gasteiger partial charge >= 0.3 is 0 Å². The second kappa shape index (κ2) is 14.6. The number of hydrogen-bond donors (Lipinski definition) is 3. The van der Waals surface area contributed by atoms with Gasteiger partial charge in [-0.3, -0.25) is 4.79 Å². The summed E-state index contributed by atoms with van der Waals surface area (Å²) < 4.78 is 5.65. The molecule has 0 atom stereocenters. The lowest BCUT2D eigenvalue weighted by Crippen LogP contribution is -2.38. The van der Waals surface area contributed by atoms with Crippen LogP contribution in [-0.2, 0) is 16.1 Å². The second-order valence-corrected chi connectivity index (χ2v) is 6.99. The van der Waals surface area contributed by atoms with Gasteiger partial charge in [0.15, 0.2) is 5.96 Å². The third-order valence-electron chi connectivity index (χ3n) is 4.29. The van der Waals surface area contributed by atoms with Crippen LogP contribution in [0.15, 0.2) is 29.3 Å². The molecule has 0 spiro atoms. The first-order valence-corrected chi connectivity index (χ1v) is 10.2. The molecule has 0 heterocycles. The van der Waals surface area contributed by atoms with Crippen molar-refractivity contribution >= 4 is 41.5 Å². The van der Waals surface area contributed by atoms with Gasteiger partial charge in [-0.2, -0.15) is 0 Å². The van der Waals surface area contributed by atoms with Crippen LogP contribution in [-0.4, -0.2) is 38.2 Å². The van der Waals surface area contributed by atoms with Crippen LogP contribution in [0.25, 0.3) is 0 Å². The molecule has 1 amide bonds. The van der Waals surface area contributed by atoms with E-state index in [1.54, 1.807) is 0 Å². The molecule has 158 valence electrons. The van der Waals surface area contributed by atoms with Crippen LogP contribution in [0.4, 0.5) is 5.69 Å². The van der Waals surface area contributed by atoms with E-state index >= 15 is 0 Å². The number of nitrogens with zero attached hydrogens (tertiary/aromatic N) is 1. The number of nitrogens with one attached hydrogen (secondary N) is 3. The third kappa shape index (κ3) is 10.8. The second-order valence-electron chi connectivity index (χ2n) is 6.99. The molecule has 1 saturated carbocycles. The van der Waals surface area contributed by atoms with Crippen LogP contribution < -0.4 is 16.0 Å². The monoisotopic (exact) mass is 502 g/mol. The molecule has 0 radical (unpaired) electrons. The fourth-order valence-electron chi connectivity index (χ4n) is 2.57. The molecule has 0 aromatic heterocycles. The minimum Gasteiger partial charge on any atom is -0.381 e. The average Bonchev–Trinajstić information content (AvgIpc) is 3.48. The van der Waals surface area contributed by atoms with E-state index in [0.29, 0.717) is 13.0 Å². The Morgan fingerprint density at radius 3 is 2.57 bits per heavy atom. The number of rotatable bonds is 12. The molecule has 7 heteroatoms. The van der Waals surface area contributed by atoms with Crippen LogP contribution in [0.5, 0.6) is 0 Å². The van der Waals surface area contributed by atoms with Crippen molar-refractivity contribution < 1.29 is 9.53 Å². The van der Waals surface area contributed by atoms with Gasteiger partial charge in [0.1, 0.15) is 0 Å². The first kappa shape index (κ1) is 24.7. The SMILES string of the molecule is CCCC(=O)Nc1ccc(CN=C(NCC)NCCCOCC2CC2)cc1.I. The predicted octanol–water partition coefficient (Wildman–Crippen LogP) is 3.92. The van der Waals surface area contributed by atoms with Gasteiger partial charge in [-0.05, 0) is 56.2 Å². The predicted molar refractivity (Wildman–Crippen MR) is 126 cm³/mol. The molecular weight excluding hydrogens is 467 g/mol. The average molecular weight is 502 g/mol. The number of amides is 1. The third-order valence-corrected chi connectivity index (χ3v) is 4.29.